The van der Waals surface area contributed by atoms with E-state index in [0.29, 0.717) is 10.6 Å². The summed E-state index contributed by atoms with van der Waals surface area (Å²) in [4.78, 5) is 3.41. The minimum Gasteiger partial charge on any atom is -0.378 e. The molecule has 0 amide bonds. The topological polar surface area (TPSA) is 58.4 Å². The van der Waals surface area contributed by atoms with Crippen LogP contribution in [0.4, 0.5) is 5.00 Å². The summed E-state index contributed by atoms with van der Waals surface area (Å²) in [6, 6.07) is 12.4. The minimum atomic E-state index is 0.474. The third kappa shape index (κ3) is 3.62. The number of hydrogen-bond donors (Lipinski definition) is 1. The number of ether oxygens (including phenoxy) is 1. The Morgan fingerprint density at radius 2 is 1.96 bits per heavy atom. The Hall–Kier alpha value is -2.29. The molecule has 26 heavy (non-hydrogen) atoms. The highest BCUT2D eigenvalue weighted by molar-refractivity contribution is 7.71. The number of rotatable bonds is 4. The summed E-state index contributed by atoms with van der Waals surface area (Å²) < 4.78 is 7.55. The molecule has 0 saturated carbocycles. The summed E-state index contributed by atoms with van der Waals surface area (Å²) in [5.74, 6) is 0.705. The van der Waals surface area contributed by atoms with E-state index in [-0.39, 0.29) is 0 Å². The van der Waals surface area contributed by atoms with Gasteiger partial charge >= 0.3 is 0 Å². The van der Waals surface area contributed by atoms with Gasteiger partial charge in [-0.05, 0) is 31.3 Å². The van der Waals surface area contributed by atoms with Crippen molar-refractivity contribution in [3.8, 4) is 11.4 Å². The van der Waals surface area contributed by atoms with Crippen LogP contribution in [0.3, 0.4) is 0 Å². The highest BCUT2D eigenvalue weighted by Gasteiger charge is 2.13. The van der Waals surface area contributed by atoms with E-state index in [1.807, 2.05) is 18.3 Å². The molecule has 1 fully saturated rings. The van der Waals surface area contributed by atoms with Gasteiger partial charge in [-0.15, -0.1) is 11.3 Å². The molecule has 2 aromatic heterocycles. The van der Waals surface area contributed by atoms with E-state index in [1.54, 1.807) is 16.0 Å². The van der Waals surface area contributed by atoms with Crippen molar-refractivity contribution in [1.82, 2.24) is 14.9 Å². The molecule has 0 aliphatic carbocycles. The van der Waals surface area contributed by atoms with Gasteiger partial charge in [0.15, 0.2) is 5.82 Å². The molecule has 0 radical (unpaired) electrons. The molecule has 6 nitrogen and oxygen atoms in total. The van der Waals surface area contributed by atoms with E-state index in [1.165, 1.54) is 10.6 Å². The average molecular weight is 386 g/mol. The molecule has 3 aromatic rings. The van der Waals surface area contributed by atoms with Crippen LogP contribution in [-0.2, 0) is 4.74 Å². The highest BCUT2D eigenvalue weighted by Crippen LogP contribution is 2.26. The summed E-state index contributed by atoms with van der Waals surface area (Å²) in [5, 5.41) is 12.9. The Labute approximate surface area is 160 Å². The predicted molar refractivity (Wildman–Crippen MR) is 108 cm³/mol. The number of nitrogens with one attached hydrogen (secondary N) is 1. The smallest absolute Gasteiger partial charge is 0.216 e. The Bertz CT molecular complexity index is 964. The van der Waals surface area contributed by atoms with Crippen molar-refractivity contribution in [1.29, 1.82) is 0 Å². The van der Waals surface area contributed by atoms with E-state index in [2.05, 4.69) is 51.4 Å². The number of morpholine rings is 1. The molecule has 0 atom stereocenters. The van der Waals surface area contributed by atoms with Gasteiger partial charge in [-0.2, -0.15) is 14.9 Å². The molecule has 8 heteroatoms. The maximum atomic E-state index is 5.41. The lowest BCUT2D eigenvalue weighted by atomic mass is 10.1. The molecule has 0 bridgehead atoms. The number of aryl methyl sites for hydroxylation is 1. The zero-order valence-electron chi connectivity index (χ0n) is 14.4. The second kappa shape index (κ2) is 7.53. The van der Waals surface area contributed by atoms with E-state index in [9.17, 15) is 0 Å². The van der Waals surface area contributed by atoms with Gasteiger partial charge in [0.05, 0.1) is 24.4 Å². The van der Waals surface area contributed by atoms with Crippen molar-refractivity contribution in [3.05, 3.63) is 51.6 Å². The first-order valence-corrected chi connectivity index (χ1v) is 9.64. The lowest BCUT2D eigenvalue weighted by molar-refractivity contribution is 0.123. The zero-order chi connectivity index (χ0) is 17.9. The Kier molecular flexibility index (Phi) is 4.96. The van der Waals surface area contributed by atoms with E-state index in [0.717, 1.165) is 36.7 Å². The largest absolute Gasteiger partial charge is 0.378 e. The summed E-state index contributed by atoms with van der Waals surface area (Å²) in [5.41, 5.74) is 2.17. The molecular formula is C18H19N5OS2. The van der Waals surface area contributed by atoms with Gasteiger partial charge in [0, 0.05) is 23.5 Å². The van der Waals surface area contributed by atoms with Gasteiger partial charge in [0.25, 0.3) is 0 Å². The van der Waals surface area contributed by atoms with Gasteiger partial charge in [-0.1, -0.05) is 29.8 Å². The molecule has 0 unspecified atom stereocenters. The normalized spacial score (nSPS) is 15.0. The number of aromatic nitrogens is 3. The van der Waals surface area contributed by atoms with Crippen LogP contribution in [0.2, 0.25) is 0 Å². The fourth-order valence-electron chi connectivity index (χ4n) is 2.77. The van der Waals surface area contributed by atoms with Crippen LogP contribution >= 0.6 is 23.6 Å². The second-order valence-electron chi connectivity index (χ2n) is 6.05. The van der Waals surface area contributed by atoms with Gasteiger partial charge < -0.3 is 9.64 Å². The van der Waals surface area contributed by atoms with Crippen LogP contribution < -0.4 is 4.90 Å². The average Bonchev–Trinajstić information content (AvgIpc) is 3.28. The maximum absolute atomic E-state index is 5.41. The van der Waals surface area contributed by atoms with Gasteiger partial charge in [-0.3, -0.25) is 0 Å². The highest BCUT2D eigenvalue weighted by atomic mass is 32.1. The molecule has 1 N–H and O–H groups in total. The first-order valence-electron chi connectivity index (χ1n) is 8.42. The fraction of sp³-hybridized carbons (Fsp3) is 0.278. The zero-order valence-corrected chi connectivity index (χ0v) is 16.0. The number of hydrogen-bond acceptors (Lipinski definition) is 6. The molecular weight excluding hydrogens is 366 g/mol. The predicted octanol–water partition coefficient (Wildman–Crippen LogP) is 3.70. The van der Waals surface area contributed by atoms with Crippen molar-refractivity contribution in [2.75, 3.05) is 31.2 Å². The number of nitrogens with zero attached hydrogens (tertiary/aromatic N) is 4. The Balaban J connectivity index is 1.58. The van der Waals surface area contributed by atoms with Crippen LogP contribution in [0.25, 0.3) is 11.4 Å². The lowest BCUT2D eigenvalue weighted by Crippen LogP contribution is -2.35. The number of benzene rings is 1. The third-order valence-corrected chi connectivity index (χ3v) is 5.54. The number of aromatic amines is 1. The van der Waals surface area contributed by atoms with Crippen molar-refractivity contribution >= 4 is 34.8 Å². The van der Waals surface area contributed by atoms with E-state index in [4.69, 9.17) is 17.0 Å². The van der Waals surface area contributed by atoms with Gasteiger partial charge in [0.1, 0.15) is 0 Å². The maximum Gasteiger partial charge on any atom is 0.216 e. The lowest BCUT2D eigenvalue weighted by Gasteiger charge is -2.27. The molecule has 134 valence electrons. The van der Waals surface area contributed by atoms with Crippen molar-refractivity contribution < 1.29 is 4.74 Å². The SMILES string of the molecule is Cc1ccc(-c2n[nH]c(=S)n2/N=C\c2ccc(N3CCOCC3)s2)cc1. The third-order valence-electron chi connectivity index (χ3n) is 4.20. The van der Waals surface area contributed by atoms with Crippen LogP contribution in [0.15, 0.2) is 41.5 Å². The fourth-order valence-corrected chi connectivity index (χ4v) is 3.87. The standard InChI is InChI=1S/C18H19N5OS2/c1-13-2-4-14(5-3-13)17-20-21-18(25)23(17)19-12-15-6-7-16(26-15)22-8-10-24-11-9-22/h2-7,12H,8-11H2,1H3,(H,21,25)/b19-12-. The summed E-state index contributed by atoms with van der Waals surface area (Å²) in [6.45, 7) is 5.49. The first-order chi connectivity index (χ1) is 12.7. The van der Waals surface area contributed by atoms with Gasteiger partial charge in [-0.25, -0.2) is 5.10 Å². The summed E-state index contributed by atoms with van der Waals surface area (Å²) in [7, 11) is 0. The second-order valence-corrected chi connectivity index (χ2v) is 7.53. The summed E-state index contributed by atoms with van der Waals surface area (Å²) >= 11 is 7.05. The Morgan fingerprint density at radius 3 is 2.73 bits per heavy atom. The number of H-pyrrole nitrogens is 1. The molecule has 1 aliphatic rings. The summed E-state index contributed by atoms with van der Waals surface area (Å²) in [6.07, 6.45) is 1.83. The van der Waals surface area contributed by atoms with Crippen LogP contribution in [0.5, 0.6) is 0 Å². The van der Waals surface area contributed by atoms with E-state index < -0.39 is 0 Å². The number of anilines is 1. The molecule has 4 rings (SSSR count). The Morgan fingerprint density at radius 1 is 1.19 bits per heavy atom. The minimum absolute atomic E-state index is 0.474. The molecule has 1 aromatic carbocycles. The quantitative estimate of drug-likeness (QED) is 0.550. The monoisotopic (exact) mass is 385 g/mol. The number of thiophene rings is 1. The van der Waals surface area contributed by atoms with Crippen molar-refractivity contribution in [2.24, 2.45) is 5.10 Å². The van der Waals surface area contributed by atoms with Crippen LogP contribution in [-0.4, -0.2) is 47.4 Å². The van der Waals surface area contributed by atoms with Crippen molar-refractivity contribution in [2.45, 2.75) is 6.92 Å². The molecule has 3 heterocycles. The molecule has 1 aliphatic heterocycles. The van der Waals surface area contributed by atoms with Crippen molar-refractivity contribution in [3.63, 3.8) is 0 Å². The van der Waals surface area contributed by atoms with Crippen LogP contribution in [0, 0.1) is 11.7 Å². The first kappa shape index (κ1) is 17.1. The van der Waals surface area contributed by atoms with E-state index >= 15 is 0 Å². The molecule has 1 saturated heterocycles. The van der Waals surface area contributed by atoms with Crippen LogP contribution in [0.1, 0.15) is 10.4 Å². The van der Waals surface area contributed by atoms with Gasteiger partial charge in [0.2, 0.25) is 4.77 Å². The molecule has 0 spiro atoms.